The van der Waals surface area contributed by atoms with Gasteiger partial charge in [0.05, 0.1) is 0 Å². The lowest BCUT2D eigenvalue weighted by Crippen LogP contribution is -2.36. The fourth-order valence-corrected chi connectivity index (χ4v) is 2.05. The highest BCUT2D eigenvalue weighted by atomic mass is 79.9. The number of carbonyl (C=O) groups excluding carboxylic acids is 1. The number of Topliss-reactive ketones (excluding diaryl/α,β-unsaturated/α-hetero) is 1. The van der Waals surface area contributed by atoms with Crippen LogP contribution < -0.4 is 21.7 Å². The van der Waals surface area contributed by atoms with E-state index in [9.17, 15) is 18.8 Å². The summed E-state index contributed by atoms with van der Waals surface area (Å²) in [5.74, 6) is -1.85. The Hall–Kier alpha value is -2.42. The lowest BCUT2D eigenvalue weighted by Gasteiger charge is -2.09. The van der Waals surface area contributed by atoms with Gasteiger partial charge >= 0.3 is 5.69 Å². The molecule has 0 bridgehead atoms. The Morgan fingerprint density at radius 2 is 2.14 bits per heavy atom. The summed E-state index contributed by atoms with van der Waals surface area (Å²) >= 11 is 3.09. The van der Waals surface area contributed by atoms with Crippen molar-refractivity contribution < 1.29 is 13.9 Å². The van der Waals surface area contributed by atoms with Gasteiger partial charge in [-0.3, -0.25) is 19.1 Å². The van der Waals surface area contributed by atoms with Gasteiger partial charge < -0.3 is 10.5 Å². The number of benzene rings is 1. The Balaban J connectivity index is 2.25. The molecule has 1 aromatic carbocycles. The van der Waals surface area contributed by atoms with Crippen molar-refractivity contribution >= 4 is 27.5 Å². The second-order valence-electron chi connectivity index (χ2n) is 4.37. The average Bonchev–Trinajstić information content (AvgIpc) is 2.44. The van der Waals surface area contributed by atoms with E-state index in [1.807, 2.05) is 4.98 Å². The van der Waals surface area contributed by atoms with Gasteiger partial charge in [-0.25, -0.2) is 9.18 Å². The van der Waals surface area contributed by atoms with Crippen LogP contribution in [0.15, 0.2) is 32.3 Å². The second kappa shape index (κ2) is 6.14. The van der Waals surface area contributed by atoms with E-state index in [2.05, 4.69) is 15.9 Å². The summed E-state index contributed by atoms with van der Waals surface area (Å²) in [4.78, 5) is 37.0. The number of H-pyrrole nitrogens is 1. The Morgan fingerprint density at radius 3 is 2.77 bits per heavy atom. The van der Waals surface area contributed by atoms with Gasteiger partial charge in [0.2, 0.25) is 5.78 Å². The maximum atomic E-state index is 13.6. The number of rotatable bonds is 4. The number of carbonyl (C=O) groups is 1. The molecule has 0 aliphatic heterocycles. The molecule has 0 fully saturated rings. The number of nitrogens with zero attached hydrogens (tertiary/aromatic N) is 1. The lowest BCUT2D eigenvalue weighted by molar-refractivity contribution is 0.0917. The molecule has 22 heavy (non-hydrogen) atoms. The number of aromatic nitrogens is 2. The molecule has 116 valence electrons. The summed E-state index contributed by atoms with van der Waals surface area (Å²) in [5.41, 5.74) is 3.54. The molecular weight excluding hydrogens is 361 g/mol. The Labute approximate surface area is 131 Å². The number of nitrogen functional groups attached to an aromatic ring is 1. The van der Waals surface area contributed by atoms with Crippen LogP contribution in [0, 0.1) is 5.82 Å². The van der Waals surface area contributed by atoms with Gasteiger partial charge in [0.25, 0.3) is 5.56 Å². The predicted octanol–water partition coefficient (Wildman–Crippen LogP) is 0.819. The van der Waals surface area contributed by atoms with Crippen LogP contribution in [0.1, 0.15) is 10.4 Å². The number of anilines is 1. The van der Waals surface area contributed by atoms with Gasteiger partial charge in [0, 0.05) is 11.5 Å². The van der Waals surface area contributed by atoms with Crippen LogP contribution in [0.3, 0.4) is 0 Å². The summed E-state index contributed by atoms with van der Waals surface area (Å²) in [6.07, 6.45) is 0. The molecule has 1 aromatic heterocycles. The molecule has 0 saturated carbocycles. The monoisotopic (exact) mass is 371 g/mol. The third-order valence-electron chi connectivity index (χ3n) is 2.90. The van der Waals surface area contributed by atoms with Crippen LogP contribution in [-0.2, 0) is 7.05 Å². The highest BCUT2D eigenvalue weighted by Gasteiger charge is 2.19. The Morgan fingerprint density at radius 1 is 1.45 bits per heavy atom. The molecule has 0 spiro atoms. The smallest absolute Gasteiger partial charge is 0.329 e. The van der Waals surface area contributed by atoms with Crippen LogP contribution in [-0.4, -0.2) is 21.9 Å². The first-order valence-corrected chi connectivity index (χ1v) is 6.80. The number of hydrogen-bond acceptors (Lipinski definition) is 5. The minimum Gasteiger partial charge on any atom is -0.482 e. The van der Waals surface area contributed by atoms with E-state index in [0.29, 0.717) is 4.47 Å². The minimum absolute atomic E-state index is 0.142. The molecule has 2 rings (SSSR count). The maximum Gasteiger partial charge on any atom is 0.329 e. The van der Waals surface area contributed by atoms with E-state index in [1.54, 1.807) is 0 Å². The fourth-order valence-electron chi connectivity index (χ4n) is 1.71. The molecule has 0 radical (unpaired) electrons. The van der Waals surface area contributed by atoms with Crippen molar-refractivity contribution in [2.45, 2.75) is 0 Å². The van der Waals surface area contributed by atoms with Crippen molar-refractivity contribution in [3.63, 3.8) is 0 Å². The first-order valence-electron chi connectivity index (χ1n) is 6.01. The maximum absolute atomic E-state index is 13.6. The molecule has 7 nitrogen and oxygen atoms in total. The average molecular weight is 372 g/mol. The predicted molar refractivity (Wildman–Crippen MR) is 80.6 cm³/mol. The molecule has 0 saturated heterocycles. The topological polar surface area (TPSA) is 107 Å². The van der Waals surface area contributed by atoms with Crippen LogP contribution in [0.25, 0.3) is 0 Å². The van der Waals surface area contributed by atoms with Crippen LogP contribution in [0.2, 0.25) is 0 Å². The van der Waals surface area contributed by atoms with Crippen LogP contribution in [0.5, 0.6) is 5.75 Å². The SMILES string of the molecule is Cn1c(N)c(C(=O)COc2ccc(Br)cc2F)c(=O)[nH]c1=O. The third kappa shape index (κ3) is 3.08. The zero-order valence-corrected chi connectivity index (χ0v) is 12.9. The molecule has 9 heteroatoms. The molecule has 1 heterocycles. The zero-order valence-electron chi connectivity index (χ0n) is 11.4. The molecule has 0 atom stereocenters. The van der Waals surface area contributed by atoms with E-state index >= 15 is 0 Å². The van der Waals surface area contributed by atoms with E-state index < -0.39 is 35.0 Å². The van der Waals surface area contributed by atoms with Gasteiger partial charge in [-0.15, -0.1) is 0 Å². The largest absolute Gasteiger partial charge is 0.482 e. The molecule has 0 aliphatic rings. The van der Waals surface area contributed by atoms with Gasteiger partial charge in [0.1, 0.15) is 11.4 Å². The van der Waals surface area contributed by atoms with E-state index in [1.165, 1.54) is 25.2 Å². The lowest BCUT2D eigenvalue weighted by atomic mass is 10.2. The van der Waals surface area contributed by atoms with Gasteiger partial charge in [-0.2, -0.15) is 0 Å². The third-order valence-corrected chi connectivity index (χ3v) is 3.39. The van der Waals surface area contributed by atoms with Gasteiger partial charge in [0.15, 0.2) is 18.2 Å². The van der Waals surface area contributed by atoms with E-state index in [-0.39, 0.29) is 11.6 Å². The summed E-state index contributed by atoms with van der Waals surface area (Å²) in [7, 11) is 1.31. The molecule has 0 unspecified atom stereocenters. The highest BCUT2D eigenvalue weighted by molar-refractivity contribution is 9.10. The number of hydrogen-bond donors (Lipinski definition) is 2. The number of ketones is 1. The summed E-state index contributed by atoms with van der Waals surface area (Å²) < 4.78 is 20.1. The first-order chi connectivity index (χ1) is 10.3. The molecule has 2 aromatic rings. The quantitative estimate of drug-likeness (QED) is 0.773. The summed E-state index contributed by atoms with van der Waals surface area (Å²) in [5, 5.41) is 0. The van der Waals surface area contributed by atoms with Gasteiger partial charge in [-0.05, 0) is 18.2 Å². The number of ether oxygens (including phenoxy) is 1. The van der Waals surface area contributed by atoms with Crippen LogP contribution >= 0.6 is 15.9 Å². The minimum atomic E-state index is -0.912. The van der Waals surface area contributed by atoms with Crippen LogP contribution in [0.4, 0.5) is 10.2 Å². The Kier molecular flexibility index (Phi) is 4.45. The van der Waals surface area contributed by atoms with Crippen molar-refractivity contribution in [1.29, 1.82) is 0 Å². The molecule has 0 aliphatic carbocycles. The summed E-state index contributed by atoms with van der Waals surface area (Å²) in [6, 6.07) is 4.05. The highest BCUT2D eigenvalue weighted by Crippen LogP contribution is 2.21. The van der Waals surface area contributed by atoms with Crippen molar-refractivity contribution in [1.82, 2.24) is 9.55 Å². The zero-order chi connectivity index (χ0) is 16.4. The van der Waals surface area contributed by atoms with Gasteiger partial charge in [-0.1, -0.05) is 15.9 Å². The molecule has 3 N–H and O–H groups in total. The molecular formula is C13H11BrFN3O4. The number of aromatic amines is 1. The van der Waals surface area contributed by atoms with Crippen molar-refractivity contribution in [3.8, 4) is 5.75 Å². The van der Waals surface area contributed by atoms with Crippen molar-refractivity contribution in [3.05, 3.63) is 54.9 Å². The van der Waals surface area contributed by atoms with E-state index in [4.69, 9.17) is 10.5 Å². The van der Waals surface area contributed by atoms with E-state index in [0.717, 1.165) is 4.57 Å². The normalized spacial score (nSPS) is 10.5. The molecule has 0 amide bonds. The number of nitrogens with two attached hydrogens (primary N) is 1. The second-order valence-corrected chi connectivity index (χ2v) is 5.28. The summed E-state index contributed by atoms with van der Waals surface area (Å²) in [6.45, 7) is -0.593. The number of halogens is 2. The standard InChI is InChI=1S/C13H11BrFN3O4/c1-18-11(16)10(12(20)17-13(18)21)8(19)5-22-9-3-2-6(14)4-7(9)15/h2-4H,5,16H2,1H3,(H,17,20,21). The fraction of sp³-hybridized carbons (Fsp3) is 0.154. The first kappa shape index (κ1) is 16.0. The Bertz CT molecular complexity index is 859. The van der Waals surface area contributed by atoms with Crippen molar-refractivity contribution in [2.24, 2.45) is 7.05 Å². The van der Waals surface area contributed by atoms with Crippen molar-refractivity contribution in [2.75, 3.05) is 12.3 Å². The number of nitrogens with one attached hydrogen (secondary N) is 1.